The molecular weight excluding hydrogens is 262 g/mol. The highest BCUT2D eigenvalue weighted by Crippen LogP contribution is 2.12. The van der Waals surface area contributed by atoms with Crippen molar-refractivity contribution in [3.05, 3.63) is 29.8 Å². The zero-order valence-electron chi connectivity index (χ0n) is 10.4. The molecule has 1 aromatic rings. The molecule has 0 spiro atoms. The zero-order chi connectivity index (χ0) is 13.8. The topological polar surface area (TPSA) is 75.4 Å². The number of rotatable bonds is 4. The largest absolute Gasteiger partial charge is 0.389 e. The van der Waals surface area contributed by atoms with Crippen LogP contribution in [0.3, 0.4) is 0 Å². The van der Waals surface area contributed by atoms with Gasteiger partial charge >= 0.3 is 0 Å². The minimum absolute atomic E-state index is 0.0343. The number of thiocarbonyl (C=S) groups is 1. The molecule has 19 heavy (non-hydrogen) atoms. The standard InChI is InChI=1S/C13H15N3O2S/c14-13(19)9-3-1-4-10(7-9)15-11(17)8-16-6-2-5-12(16)18/h1,3-4,7H,2,5-6,8H2,(H2,14,19)(H,15,17). The summed E-state index contributed by atoms with van der Waals surface area (Å²) in [4.78, 5) is 25.1. The lowest BCUT2D eigenvalue weighted by molar-refractivity contribution is -0.131. The molecule has 0 saturated carbocycles. The van der Waals surface area contributed by atoms with Crippen LogP contribution >= 0.6 is 12.2 Å². The highest BCUT2D eigenvalue weighted by molar-refractivity contribution is 7.80. The van der Waals surface area contributed by atoms with Crippen molar-refractivity contribution in [1.29, 1.82) is 0 Å². The van der Waals surface area contributed by atoms with Gasteiger partial charge in [0.25, 0.3) is 0 Å². The molecule has 0 bridgehead atoms. The van der Waals surface area contributed by atoms with Crippen LogP contribution in [0.4, 0.5) is 5.69 Å². The lowest BCUT2D eigenvalue weighted by atomic mass is 10.2. The van der Waals surface area contributed by atoms with E-state index in [1.54, 1.807) is 29.2 Å². The number of likely N-dealkylation sites (tertiary alicyclic amines) is 1. The van der Waals surface area contributed by atoms with Gasteiger partial charge in [0.15, 0.2) is 0 Å². The van der Waals surface area contributed by atoms with Crippen molar-refractivity contribution in [3.63, 3.8) is 0 Å². The molecule has 0 aromatic heterocycles. The van der Waals surface area contributed by atoms with Gasteiger partial charge in [-0.25, -0.2) is 0 Å². The van der Waals surface area contributed by atoms with E-state index in [2.05, 4.69) is 5.32 Å². The van der Waals surface area contributed by atoms with Gasteiger partial charge in [-0.3, -0.25) is 9.59 Å². The van der Waals surface area contributed by atoms with Crippen LogP contribution in [0.2, 0.25) is 0 Å². The van der Waals surface area contributed by atoms with E-state index >= 15 is 0 Å². The third-order valence-corrected chi connectivity index (χ3v) is 3.17. The number of anilines is 1. The molecule has 1 aromatic carbocycles. The zero-order valence-corrected chi connectivity index (χ0v) is 11.2. The maximum absolute atomic E-state index is 11.8. The number of nitrogens with zero attached hydrogens (tertiary/aromatic N) is 1. The van der Waals surface area contributed by atoms with Gasteiger partial charge in [-0.2, -0.15) is 0 Å². The van der Waals surface area contributed by atoms with Crippen molar-refractivity contribution in [2.75, 3.05) is 18.4 Å². The summed E-state index contributed by atoms with van der Waals surface area (Å²) in [5, 5.41) is 2.74. The molecule has 1 fully saturated rings. The maximum atomic E-state index is 11.8. The Morgan fingerprint density at radius 2 is 2.26 bits per heavy atom. The first kappa shape index (κ1) is 13.5. The first-order valence-electron chi connectivity index (χ1n) is 6.04. The maximum Gasteiger partial charge on any atom is 0.243 e. The van der Waals surface area contributed by atoms with Crippen LogP contribution in [-0.4, -0.2) is 34.8 Å². The fraction of sp³-hybridized carbons (Fsp3) is 0.308. The number of nitrogens with two attached hydrogens (primary N) is 1. The Labute approximate surface area is 116 Å². The number of amides is 2. The van der Waals surface area contributed by atoms with Gasteiger partial charge < -0.3 is 16.0 Å². The van der Waals surface area contributed by atoms with Crippen molar-refractivity contribution in [2.24, 2.45) is 5.73 Å². The number of hydrogen-bond acceptors (Lipinski definition) is 3. The first-order valence-corrected chi connectivity index (χ1v) is 6.44. The van der Waals surface area contributed by atoms with Crippen molar-refractivity contribution >= 4 is 34.7 Å². The van der Waals surface area contributed by atoms with Crippen molar-refractivity contribution < 1.29 is 9.59 Å². The number of nitrogens with one attached hydrogen (secondary N) is 1. The molecule has 5 nitrogen and oxygen atoms in total. The van der Waals surface area contributed by atoms with E-state index in [1.807, 2.05) is 0 Å². The summed E-state index contributed by atoms with van der Waals surface area (Å²) in [7, 11) is 0. The van der Waals surface area contributed by atoms with E-state index in [-0.39, 0.29) is 23.3 Å². The average Bonchev–Trinajstić information content (AvgIpc) is 2.75. The molecule has 2 rings (SSSR count). The molecule has 1 aliphatic heterocycles. The molecule has 0 atom stereocenters. The van der Waals surface area contributed by atoms with E-state index in [9.17, 15) is 9.59 Å². The number of benzene rings is 1. The summed E-state index contributed by atoms with van der Waals surface area (Å²) >= 11 is 4.88. The number of carbonyl (C=O) groups excluding carboxylic acids is 2. The summed E-state index contributed by atoms with van der Waals surface area (Å²) in [6.07, 6.45) is 1.35. The average molecular weight is 277 g/mol. The smallest absolute Gasteiger partial charge is 0.243 e. The van der Waals surface area contributed by atoms with Gasteiger partial charge in [0, 0.05) is 24.2 Å². The summed E-state index contributed by atoms with van der Waals surface area (Å²) in [6.45, 7) is 0.745. The Morgan fingerprint density at radius 1 is 1.47 bits per heavy atom. The lowest BCUT2D eigenvalue weighted by Gasteiger charge is -2.15. The molecule has 0 aliphatic carbocycles. The van der Waals surface area contributed by atoms with Gasteiger partial charge in [-0.1, -0.05) is 24.4 Å². The molecule has 0 unspecified atom stereocenters. The Morgan fingerprint density at radius 3 is 2.89 bits per heavy atom. The fourth-order valence-electron chi connectivity index (χ4n) is 2.00. The van der Waals surface area contributed by atoms with Crippen molar-refractivity contribution in [1.82, 2.24) is 4.90 Å². The van der Waals surface area contributed by atoms with E-state index in [0.29, 0.717) is 24.2 Å². The second-order valence-corrected chi connectivity index (χ2v) is 4.85. The molecule has 100 valence electrons. The molecule has 0 radical (unpaired) electrons. The molecule has 1 aliphatic rings. The lowest BCUT2D eigenvalue weighted by Crippen LogP contribution is -2.34. The van der Waals surface area contributed by atoms with Gasteiger partial charge in [-0.15, -0.1) is 0 Å². The summed E-state index contributed by atoms with van der Waals surface area (Å²) < 4.78 is 0. The van der Waals surface area contributed by atoms with Crippen LogP contribution in [-0.2, 0) is 9.59 Å². The van der Waals surface area contributed by atoms with Crippen molar-refractivity contribution in [3.8, 4) is 0 Å². The Kier molecular flexibility index (Phi) is 4.11. The fourth-order valence-corrected chi connectivity index (χ4v) is 2.12. The second-order valence-electron chi connectivity index (χ2n) is 4.41. The van der Waals surface area contributed by atoms with Gasteiger partial charge in [0.1, 0.15) is 4.99 Å². The second kappa shape index (κ2) is 5.79. The molecule has 6 heteroatoms. The summed E-state index contributed by atoms with van der Waals surface area (Å²) in [5.74, 6) is -0.178. The third-order valence-electron chi connectivity index (χ3n) is 2.94. The van der Waals surface area contributed by atoms with E-state index in [1.165, 1.54) is 0 Å². The number of carbonyl (C=O) groups is 2. The first-order chi connectivity index (χ1) is 9.06. The van der Waals surface area contributed by atoms with Crippen LogP contribution in [0.15, 0.2) is 24.3 Å². The minimum Gasteiger partial charge on any atom is -0.389 e. The quantitative estimate of drug-likeness (QED) is 0.801. The predicted octanol–water partition coefficient (Wildman–Crippen LogP) is 0.882. The minimum atomic E-state index is -0.213. The summed E-state index contributed by atoms with van der Waals surface area (Å²) in [6, 6.07) is 7.02. The SMILES string of the molecule is NC(=S)c1cccc(NC(=O)CN2CCCC2=O)c1. The Hall–Kier alpha value is -1.95. The van der Waals surface area contributed by atoms with Crippen LogP contribution < -0.4 is 11.1 Å². The van der Waals surface area contributed by atoms with Crippen molar-refractivity contribution in [2.45, 2.75) is 12.8 Å². The van der Waals surface area contributed by atoms with Crippen LogP contribution in [0.1, 0.15) is 18.4 Å². The molecular formula is C13H15N3O2S. The third kappa shape index (κ3) is 3.51. The monoisotopic (exact) mass is 277 g/mol. The normalized spacial score (nSPS) is 14.5. The highest BCUT2D eigenvalue weighted by atomic mass is 32.1. The molecule has 1 saturated heterocycles. The van der Waals surface area contributed by atoms with E-state index < -0.39 is 0 Å². The van der Waals surface area contributed by atoms with E-state index in [4.69, 9.17) is 18.0 Å². The van der Waals surface area contributed by atoms with Gasteiger partial charge in [-0.05, 0) is 18.6 Å². The molecule has 3 N–H and O–H groups in total. The molecule has 1 heterocycles. The van der Waals surface area contributed by atoms with Crippen LogP contribution in [0, 0.1) is 0 Å². The van der Waals surface area contributed by atoms with E-state index in [0.717, 1.165) is 6.42 Å². The summed E-state index contributed by atoms with van der Waals surface area (Å²) in [5.41, 5.74) is 6.86. The Balaban J connectivity index is 1.97. The molecule has 2 amide bonds. The van der Waals surface area contributed by atoms with Gasteiger partial charge in [0.2, 0.25) is 11.8 Å². The van der Waals surface area contributed by atoms with Gasteiger partial charge in [0.05, 0.1) is 6.54 Å². The van der Waals surface area contributed by atoms with Crippen LogP contribution in [0.5, 0.6) is 0 Å². The predicted molar refractivity (Wildman–Crippen MR) is 76.8 cm³/mol. The van der Waals surface area contributed by atoms with Crippen LogP contribution in [0.25, 0.3) is 0 Å². The highest BCUT2D eigenvalue weighted by Gasteiger charge is 2.22. The number of hydrogen-bond donors (Lipinski definition) is 2. The Bertz CT molecular complexity index is 530.